The van der Waals surface area contributed by atoms with E-state index in [9.17, 15) is 14.3 Å². The Labute approximate surface area is 122 Å². The van der Waals surface area contributed by atoms with E-state index in [0.29, 0.717) is 12.2 Å². The summed E-state index contributed by atoms with van der Waals surface area (Å²) in [5.41, 5.74) is -0.353. The number of rotatable bonds is 3. The monoisotopic (exact) mass is 300 g/mol. The van der Waals surface area contributed by atoms with Crippen molar-refractivity contribution >= 4 is 23.2 Å². The highest BCUT2D eigenvalue weighted by atomic mass is 35.5. The molecule has 0 bridgehead atoms. The lowest BCUT2D eigenvalue weighted by atomic mass is 9.95. The summed E-state index contributed by atoms with van der Waals surface area (Å²) in [4.78, 5) is 13.8. The molecule has 0 aromatic heterocycles. The van der Waals surface area contributed by atoms with Crippen LogP contribution in [0.2, 0.25) is 5.02 Å². The van der Waals surface area contributed by atoms with Gasteiger partial charge in [0, 0.05) is 6.54 Å². The summed E-state index contributed by atoms with van der Waals surface area (Å²) < 4.78 is 12.9. The summed E-state index contributed by atoms with van der Waals surface area (Å²) in [7, 11) is 0. The molecule has 1 unspecified atom stereocenters. The van der Waals surface area contributed by atoms with Crippen molar-refractivity contribution in [2.75, 3.05) is 25.0 Å². The van der Waals surface area contributed by atoms with E-state index in [0.717, 1.165) is 25.5 Å². The van der Waals surface area contributed by atoms with Crippen LogP contribution < -0.4 is 5.32 Å². The predicted molar refractivity (Wildman–Crippen MR) is 76.3 cm³/mol. The summed E-state index contributed by atoms with van der Waals surface area (Å²) in [6, 6.07) is 3.83. The number of hydrogen-bond acceptors (Lipinski definition) is 3. The van der Waals surface area contributed by atoms with Crippen LogP contribution in [-0.2, 0) is 4.79 Å². The summed E-state index contributed by atoms with van der Waals surface area (Å²) in [5.74, 6) is -0.670. The van der Waals surface area contributed by atoms with Crippen LogP contribution in [0.1, 0.15) is 19.8 Å². The Morgan fingerprint density at radius 3 is 3.00 bits per heavy atom. The second-order valence-electron chi connectivity index (χ2n) is 5.48. The zero-order valence-corrected chi connectivity index (χ0v) is 12.1. The molecule has 1 fully saturated rings. The number of carbonyl (C=O) groups is 1. The predicted octanol–water partition coefficient (Wildman–Crippen LogP) is 2.26. The topological polar surface area (TPSA) is 52.6 Å². The SMILES string of the molecule is CC1(O)CCCN(CC(=O)Nc2ccc(F)cc2Cl)C1. The molecular weight excluding hydrogens is 283 g/mol. The third-order valence-electron chi connectivity index (χ3n) is 3.33. The van der Waals surface area contributed by atoms with E-state index in [4.69, 9.17) is 11.6 Å². The second kappa shape index (κ2) is 6.08. The fourth-order valence-corrected chi connectivity index (χ4v) is 2.66. The molecule has 110 valence electrons. The van der Waals surface area contributed by atoms with Gasteiger partial charge in [0.2, 0.25) is 5.91 Å². The van der Waals surface area contributed by atoms with Crippen LogP contribution in [0.3, 0.4) is 0 Å². The van der Waals surface area contributed by atoms with Gasteiger partial charge in [-0.25, -0.2) is 4.39 Å². The highest BCUT2D eigenvalue weighted by Crippen LogP contribution is 2.23. The Balaban J connectivity index is 1.92. The molecule has 1 heterocycles. The van der Waals surface area contributed by atoms with E-state index in [2.05, 4.69) is 5.32 Å². The maximum atomic E-state index is 12.9. The first-order chi connectivity index (χ1) is 9.35. The number of benzene rings is 1. The van der Waals surface area contributed by atoms with Crippen molar-refractivity contribution in [2.24, 2.45) is 0 Å². The first-order valence-corrected chi connectivity index (χ1v) is 6.93. The zero-order valence-electron chi connectivity index (χ0n) is 11.3. The smallest absolute Gasteiger partial charge is 0.238 e. The van der Waals surface area contributed by atoms with Gasteiger partial charge in [-0.15, -0.1) is 0 Å². The Morgan fingerprint density at radius 1 is 1.60 bits per heavy atom. The molecule has 1 aromatic carbocycles. The molecule has 1 aromatic rings. The average molecular weight is 301 g/mol. The van der Waals surface area contributed by atoms with Crippen molar-refractivity contribution in [3.05, 3.63) is 29.0 Å². The maximum absolute atomic E-state index is 12.9. The molecular formula is C14H18ClFN2O2. The quantitative estimate of drug-likeness (QED) is 0.900. The maximum Gasteiger partial charge on any atom is 0.238 e. The third-order valence-corrected chi connectivity index (χ3v) is 3.64. The first kappa shape index (κ1) is 15.2. The van der Waals surface area contributed by atoms with Crippen LogP contribution in [0.15, 0.2) is 18.2 Å². The zero-order chi connectivity index (χ0) is 14.8. The van der Waals surface area contributed by atoms with E-state index >= 15 is 0 Å². The van der Waals surface area contributed by atoms with Gasteiger partial charge in [-0.3, -0.25) is 9.69 Å². The molecule has 0 spiro atoms. The lowest BCUT2D eigenvalue weighted by Crippen LogP contribution is -2.48. The van der Waals surface area contributed by atoms with Gasteiger partial charge in [0.1, 0.15) is 5.82 Å². The van der Waals surface area contributed by atoms with Crippen LogP contribution in [0.4, 0.5) is 10.1 Å². The highest BCUT2D eigenvalue weighted by Gasteiger charge is 2.29. The fourth-order valence-electron chi connectivity index (χ4n) is 2.44. The molecule has 1 amide bonds. The van der Waals surface area contributed by atoms with E-state index in [1.807, 2.05) is 4.90 Å². The standard InChI is InChI=1S/C14H18ClFN2O2/c1-14(20)5-2-6-18(9-14)8-13(19)17-12-4-3-10(16)7-11(12)15/h3-4,7,20H,2,5-6,8-9H2,1H3,(H,17,19). The van der Waals surface area contributed by atoms with Crippen molar-refractivity contribution in [3.63, 3.8) is 0 Å². The number of likely N-dealkylation sites (tertiary alicyclic amines) is 1. The van der Waals surface area contributed by atoms with Gasteiger partial charge in [-0.05, 0) is 44.5 Å². The molecule has 1 aliphatic rings. The van der Waals surface area contributed by atoms with E-state index in [1.165, 1.54) is 12.1 Å². The number of amides is 1. The van der Waals surface area contributed by atoms with Crippen molar-refractivity contribution in [3.8, 4) is 0 Å². The second-order valence-corrected chi connectivity index (χ2v) is 5.89. The van der Waals surface area contributed by atoms with Gasteiger partial charge in [0.15, 0.2) is 0 Å². The van der Waals surface area contributed by atoms with Gasteiger partial charge in [0.25, 0.3) is 0 Å². The Morgan fingerprint density at radius 2 is 2.35 bits per heavy atom. The molecule has 0 radical (unpaired) electrons. The number of nitrogens with one attached hydrogen (secondary N) is 1. The number of β-amino-alcohol motifs (C(OH)–C–C–N with tert-alkyl or cyclic N) is 1. The number of anilines is 1. The fraction of sp³-hybridized carbons (Fsp3) is 0.500. The molecule has 2 rings (SSSR count). The molecule has 6 heteroatoms. The minimum atomic E-state index is -0.744. The summed E-state index contributed by atoms with van der Waals surface area (Å²) >= 11 is 5.85. The summed E-state index contributed by atoms with van der Waals surface area (Å²) in [5, 5.41) is 12.8. The van der Waals surface area contributed by atoms with Crippen LogP contribution in [0.25, 0.3) is 0 Å². The third kappa shape index (κ3) is 4.16. The number of hydrogen-bond donors (Lipinski definition) is 2. The summed E-state index contributed by atoms with van der Waals surface area (Å²) in [6.07, 6.45) is 1.60. The number of halogens is 2. The Hall–Kier alpha value is -1.17. The molecule has 20 heavy (non-hydrogen) atoms. The highest BCUT2D eigenvalue weighted by molar-refractivity contribution is 6.33. The Kier molecular flexibility index (Phi) is 4.62. The number of piperidine rings is 1. The first-order valence-electron chi connectivity index (χ1n) is 6.55. The number of carbonyl (C=O) groups excluding carboxylic acids is 1. The number of aliphatic hydroxyl groups is 1. The van der Waals surface area contributed by atoms with Crippen molar-refractivity contribution < 1.29 is 14.3 Å². The van der Waals surface area contributed by atoms with Gasteiger partial charge >= 0.3 is 0 Å². The molecule has 1 saturated heterocycles. The minimum Gasteiger partial charge on any atom is -0.389 e. The van der Waals surface area contributed by atoms with Gasteiger partial charge in [-0.1, -0.05) is 11.6 Å². The van der Waals surface area contributed by atoms with Crippen LogP contribution in [0, 0.1) is 5.82 Å². The van der Waals surface area contributed by atoms with Crippen molar-refractivity contribution in [1.82, 2.24) is 4.90 Å². The molecule has 2 N–H and O–H groups in total. The minimum absolute atomic E-state index is 0.170. The van der Waals surface area contributed by atoms with Crippen molar-refractivity contribution in [2.45, 2.75) is 25.4 Å². The Bertz CT molecular complexity index is 508. The van der Waals surface area contributed by atoms with Gasteiger partial charge in [-0.2, -0.15) is 0 Å². The van der Waals surface area contributed by atoms with E-state index in [1.54, 1.807) is 6.92 Å². The molecule has 0 saturated carbocycles. The number of nitrogens with zero attached hydrogens (tertiary/aromatic N) is 1. The lowest BCUT2D eigenvalue weighted by molar-refractivity contribution is -0.118. The summed E-state index contributed by atoms with van der Waals surface area (Å²) in [6.45, 7) is 3.20. The van der Waals surface area contributed by atoms with Crippen LogP contribution in [0.5, 0.6) is 0 Å². The van der Waals surface area contributed by atoms with E-state index < -0.39 is 11.4 Å². The molecule has 1 aliphatic heterocycles. The van der Waals surface area contributed by atoms with E-state index in [-0.39, 0.29) is 17.5 Å². The largest absolute Gasteiger partial charge is 0.389 e. The van der Waals surface area contributed by atoms with Gasteiger partial charge < -0.3 is 10.4 Å². The van der Waals surface area contributed by atoms with Gasteiger partial charge in [0.05, 0.1) is 22.9 Å². The molecule has 4 nitrogen and oxygen atoms in total. The van der Waals surface area contributed by atoms with Crippen LogP contribution >= 0.6 is 11.6 Å². The molecule has 1 atom stereocenters. The normalized spacial score (nSPS) is 23.6. The lowest BCUT2D eigenvalue weighted by Gasteiger charge is -2.36. The van der Waals surface area contributed by atoms with Crippen LogP contribution in [-0.4, -0.2) is 41.1 Å². The molecule has 0 aliphatic carbocycles. The average Bonchev–Trinajstić information content (AvgIpc) is 2.31. The van der Waals surface area contributed by atoms with Crippen molar-refractivity contribution in [1.29, 1.82) is 0 Å².